The van der Waals surface area contributed by atoms with Crippen molar-refractivity contribution in [3.05, 3.63) is 36.0 Å². The number of anilines is 1. The van der Waals surface area contributed by atoms with Crippen LogP contribution >= 0.6 is 0 Å². The van der Waals surface area contributed by atoms with Crippen LogP contribution in [0.1, 0.15) is 20.5 Å². The molecule has 0 amide bonds. The number of aromatic nitrogens is 4. The van der Waals surface area contributed by atoms with Gasteiger partial charge in [0.1, 0.15) is 0 Å². The maximum Gasteiger partial charge on any atom is 0.239 e. The summed E-state index contributed by atoms with van der Waals surface area (Å²) >= 11 is 0. The van der Waals surface area contributed by atoms with Gasteiger partial charge >= 0.3 is 0 Å². The highest BCUT2D eigenvalue weighted by atomic mass is 19.3. The second kappa shape index (κ2) is 6.08. The first-order chi connectivity index (χ1) is 12.4. The lowest BCUT2D eigenvalue weighted by molar-refractivity contribution is 0.125. The topological polar surface area (TPSA) is 81.5 Å². The number of nitrogens with two attached hydrogens (primary N) is 1. The number of nitrogens with zero attached hydrogens (tertiary/aromatic N) is 5. The normalized spacial score (nSPS) is 16.8. The zero-order valence-electron chi connectivity index (χ0n) is 13.8. The predicted octanol–water partition coefficient (Wildman–Crippen LogP) is 3.68. The second-order valence-corrected chi connectivity index (χ2v) is 6.24. The van der Waals surface area contributed by atoms with Gasteiger partial charge in [0.2, 0.25) is 12.4 Å². The Hall–Kier alpha value is -2.97. The van der Waals surface area contributed by atoms with E-state index < -0.39 is 12.2 Å². The predicted molar refractivity (Wildman–Crippen MR) is 93.3 cm³/mol. The fourth-order valence-electron chi connectivity index (χ4n) is 3.22. The van der Waals surface area contributed by atoms with Crippen LogP contribution < -0.4 is 5.73 Å². The van der Waals surface area contributed by atoms with Gasteiger partial charge in [0.05, 0.1) is 40.5 Å². The Morgan fingerprint density at radius 1 is 1.38 bits per heavy atom. The van der Waals surface area contributed by atoms with Crippen molar-refractivity contribution in [2.75, 3.05) is 5.73 Å². The molecule has 0 bridgehead atoms. The van der Waals surface area contributed by atoms with E-state index in [1.165, 1.54) is 16.9 Å². The van der Waals surface area contributed by atoms with Crippen LogP contribution in [0.25, 0.3) is 16.8 Å². The molecule has 0 fully saturated rings. The van der Waals surface area contributed by atoms with Crippen LogP contribution in [0.5, 0.6) is 0 Å². The smallest absolute Gasteiger partial charge is 0.239 e. The standard InChI is InChI=1S/C17H15F3N6.H2/c1-8-9(5-15(19)20)4-13-11(23-8)2-3-12(24-13)16-10(18)7-26-14(16)6-22-17(21)25-26;/h2-3,6-7,9,15H,4-5H2,1H3,(H2,21,25);1H. The Balaban J connectivity index is 0.00000210. The molecule has 1 aliphatic heterocycles. The average Bonchev–Trinajstić information content (AvgIpc) is 2.89. The number of hydrogen-bond donors (Lipinski definition) is 1. The van der Waals surface area contributed by atoms with E-state index in [4.69, 9.17) is 5.73 Å². The van der Waals surface area contributed by atoms with Gasteiger partial charge in [-0.05, 0) is 19.1 Å². The van der Waals surface area contributed by atoms with Crippen molar-refractivity contribution in [1.82, 2.24) is 19.6 Å². The van der Waals surface area contributed by atoms with Gasteiger partial charge in [-0.25, -0.2) is 22.7 Å². The maximum absolute atomic E-state index is 14.5. The van der Waals surface area contributed by atoms with Crippen LogP contribution in [0, 0.1) is 11.7 Å². The summed E-state index contributed by atoms with van der Waals surface area (Å²) in [5, 5.41) is 3.94. The molecule has 0 radical (unpaired) electrons. The van der Waals surface area contributed by atoms with Gasteiger partial charge in [-0.15, -0.1) is 5.10 Å². The van der Waals surface area contributed by atoms with Crippen molar-refractivity contribution in [3.63, 3.8) is 0 Å². The fraction of sp³-hybridized carbons (Fsp3) is 0.294. The molecular weight excluding hydrogens is 345 g/mol. The van der Waals surface area contributed by atoms with Gasteiger partial charge < -0.3 is 5.73 Å². The van der Waals surface area contributed by atoms with Crippen LogP contribution in [0.15, 0.2) is 29.5 Å². The van der Waals surface area contributed by atoms with E-state index in [1.807, 2.05) is 0 Å². The largest absolute Gasteiger partial charge is 0.367 e. The highest BCUT2D eigenvalue weighted by molar-refractivity contribution is 5.89. The Labute approximate surface area is 148 Å². The highest BCUT2D eigenvalue weighted by Gasteiger charge is 2.25. The molecule has 0 saturated carbocycles. The summed E-state index contributed by atoms with van der Waals surface area (Å²) in [6, 6.07) is 3.37. The van der Waals surface area contributed by atoms with E-state index in [0.29, 0.717) is 34.7 Å². The first-order valence-corrected chi connectivity index (χ1v) is 8.05. The van der Waals surface area contributed by atoms with Gasteiger partial charge in [-0.2, -0.15) is 0 Å². The molecule has 136 valence electrons. The second-order valence-electron chi connectivity index (χ2n) is 6.24. The summed E-state index contributed by atoms with van der Waals surface area (Å²) in [7, 11) is 0. The molecule has 26 heavy (non-hydrogen) atoms. The molecule has 0 spiro atoms. The summed E-state index contributed by atoms with van der Waals surface area (Å²) in [5.74, 6) is -0.863. The lowest BCUT2D eigenvalue weighted by Crippen LogP contribution is -2.21. The average molecular weight is 362 g/mol. The lowest BCUT2D eigenvalue weighted by Gasteiger charge is -2.22. The first kappa shape index (κ1) is 16.5. The fourth-order valence-corrected chi connectivity index (χ4v) is 3.22. The number of pyridine rings is 1. The molecule has 0 aliphatic carbocycles. The minimum absolute atomic E-state index is 0. The Morgan fingerprint density at radius 2 is 2.19 bits per heavy atom. The van der Waals surface area contributed by atoms with Crippen molar-refractivity contribution in [1.29, 1.82) is 0 Å². The number of alkyl halides is 2. The SMILES string of the molecule is CC1=Nc2ccc(-c3c(F)cn4nc(N)ncc34)nc2CC1CC(F)F.[HH]. The number of rotatable bonds is 3. The summed E-state index contributed by atoms with van der Waals surface area (Å²) in [5.41, 5.74) is 8.43. The van der Waals surface area contributed by atoms with Crippen LogP contribution in [0.3, 0.4) is 0 Å². The van der Waals surface area contributed by atoms with E-state index >= 15 is 0 Å². The monoisotopic (exact) mass is 362 g/mol. The number of halogens is 3. The van der Waals surface area contributed by atoms with E-state index in [-0.39, 0.29) is 25.3 Å². The summed E-state index contributed by atoms with van der Waals surface area (Å²) in [6.07, 6.45) is 0.289. The van der Waals surface area contributed by atoms with Crippen LogP contribution in [0.4, 0.5) is 24.8 Å². The Bertz CT molecular complexity index is 1030. The molecule has 9 heteroatoms. The molecule has 3 aromatic rings. The van der Waals surface area contributed by atoms with Crippen LogP contribution in [-0.2, 0) is 6.42 Å². The Kier molecular flexibility index (Phi) is 3.86. The molecule has 6 nitrogen and oxygen atoms in total. The van der Waals surface area contributed by atoms with Gasteiger partial charge in [-0.3, -0.25) is 9.98 Å². The van der Waals surface area contributed by atoms with Gasteiger partial charge in [0.15, 0.2) is 5.82 Å². The number of fused-ring (bicyclic) bond motifs is 2. The molecule has 4 heterocycles. The van der Waals surface area contributed by atoms with Crippen LogP contribution in [0.2, 0.25) is 0 Å². The summed E-state index contributed by atoms with van der Waals surface area (Å²) in [4.78, 5) is 12.8. The van der Waals surface area contributed by atoms with Crippen LogP contribution in [-0.4, -0.2) is 31.7 Å². The van der Waals surface area contributed by atoms with Crippen molar-refractivity contribution < 1.29 is 14.6 Å². The molecule has 1 aliphatic rings. The first-order valence-electron chi connectivity index (χ1n) is 8.05. The molecule has 3 aromatic heterocycles. The summed E-state index contributed by atoms with van der Waals surface area (Å²) in [6.45, 7) is 1.74. The highest BCUT2D eigenvalue weighted by Crippen LogP contribution is 2.34. The number of nitrogen functional groups attached to an aromatic ring is 1. The molecule has 1 atom stereocenters. The minimum Gasteiger partial charge on any atom is -0.367 e. The maximum atomic E-state index is 14.5. The quantitative estimate of drug-likeness (QED) is 0.771. The lowest BCUT2D eigenvalue weighted by atomic mass is 9.91. The van der Waals surface area contributed by atoms with Gasteiger partial charge in [0, 0.05) is 25.9 Å². The van der Waals surface area contributed by atoms with Crippen molar-refractivity contribution in [2.24, 2.45) is 10.9 Å². The van der Waals surface area contributed by atoms with E-state index in [2.05, 4.69) is 20.1 Å². The van der Waals surface area contributed by atoms with Crippen molar-refractivity contribution in [3.8, 4) is 11.3 Å². The molecule has 0 aromatic carbocycles. The zero-order valence-corrected chi connectivity index (χ0v) is 13.8. The number of aliphatic imine (C=N–C) groups is 1. The third-order valence-corrected chi connectivity index (χ3v) is 4.50. The molecule has 2 N–H and O–H groups in total. The van der Waals surface area contributed by atoms with Crippen molar-refractivity contribution >= 4 is 22.9 Å². The molecule has 4 rings (SSSR count). The van der Waals surface area contributed by atoms with E-state index in [0.717, 1.165) is 0 Å². The van der Waals surface area contributed by atoms with E-state index in [1.54, 1.807) is 19.1 Å². The molecule has 1 unspecified atom stereocenters. The number of hydrogen-bond acceptors (Lipinski definition) is 5. The minimum atomic E-state index is -2.41. The van der Waals surface area contributed by atoms with E-state index in [9.17, 15) is 13.2 Å². The summed E-state index contributed by atoms with van der Waals surface area (Å²) < 4.78 is 41.3. The third-order valence-electron chi connectivity index (χ3n) is 4.50. The zero-order chi connectivity index (χ0) is 18.4. The molecular formula is C17H17F3N6. The van der Waals surface area contributed by atoms with Gasteiger partial charge in [-0.1, -0.05) is 0 Å². The Morgan fingerprint density at radius 3 is 2.96 bits per heavy atom. The third kappa shape index (κ3) is 2.79. The van der Waals surface area contributed by atoms with Crippen molar-refractivity contribution in [2.45, 2.75) is 26.2 Å². The van der Waals surface area contributed by atoms with Gasteiger partial charge in [0.25, 0.3) is 0 Å². The molecule has 0 saturated heterocycles.